The van der Waals surface area contributed by atoms with Gasteiger partial charge in [-0.25, -0.2) is 5.14 Å². The molecule has 2 aromatic rings. The molecule has 2 aliphatic rings. The minimum absolute atomic E-state index is 0.0431. The van der Waals surface area contributed by atoms with E-state index < -0.39 is 10.2 Å². The Kier molecular flexibility index (Phi) is 4.02. The predicted octanol–water partition coefficient (Wildman–Crippen LogP) is 1.27. The third-order valence-corrected chi connectivity index (χ3v) is 6.54. The van der Waals surface area contributed by atoms with Crippen molar-refractivity contribution < 1.29 is 13.2 Å². The quantitative estimate of drug-likeness (QED) is 0.875. The standard InChI is InChI=1S/C18H22N4O3S/c1-11-5-15-16(6-12(11)2)20-8-14-7-17(23)22(18(14)15)10-13-3-4-21(9-13)26(19,24)25/h5-6,8,13H,3-4,7,9-10H2,1-2H3,(H2,19,24,25). The lowest BCUT2D eigenvalue weighted by Gasteiger charge is -2.23. The fourth-order valence-electron chi connectivity index (χ4n) is 3.94. The Morgan fingerprint density at radius 1 is 1.27 bits per heavy atom. The van der Waals surface area contributed by atoms with Crippen LogP contribution in [0.3, 0.4) is 0 Å². The molecule has 1 atom stereocenters. The number of rotatable bonds is 3. The zero-order valence-corrected chi connectivity index (χ0v) is 15.7. The Morgan fingerprint density at radius 2 is 2.00 bits per heavy atom. The smallest absolute Gasteiger partial charge is 0.276 e. The van der Waals surface area contributed by atoms with Crippen LogP contribution >= 0.6 is 0 Å². The molecular weight excluding hydrogens is 352 g/mol. The van der Waals surface area contributed by atoms with Crippen molar-refractivity contribution in [3.8, 4) is 0 Å². The van der Waals surface area contributed by atoms with Crippen molar-refractivity contribution in [2.24, 2.45) is 11.1 Å². The van der Waals surface area contributed by atoms with Crippen LogP contribution in [0.2, 0.25) is 0 Å². The summed E-state index contributed by atoms with van der Waals surface area (Å²) in [6, 6.07) is 4.14. The van der Waals surface area contributed by atoms with Crippen molar-refractivity contribution >= 4 is 32.7 Å². The number of aryl methyl sites for hydroxylation is 2. The van der Waals surface area contributed by atoms with Gasteiger partial charge in [-0.2, -0.15) is 12.7 Å². The van der Waals surface area contributed by atoms with E-state index in [9.17, 15) is 13.2 Å². The van der Waals surface area contributed by atoms with Gasteiger partial charge in [0.05, 0.1) is 17.6 Å². The number of amides is 1. The van der Waals surface area contributed by atoms with E-state index in [-0.39, 0.29) is 11.8 Å². The number of aromatic nitrogens is 1. The third kappa shape index (κ3) is 2.87. The van der Waals surface area contributed by atoms with Crippen LogP contribution in [-0.4, -0.2) is 43.2 Å². The molecule has 0 radical (unpaired) electrons. The van der Waals surface area contributed by atoms with E-state index in [2.05, 4.69) is 18.0 Å². The molecule has 2 aliphatic heterocycles. The van der Waals surface area contributed by atoms with Crippen molar-refractivity contribution in [2.75, 3.05) is 24.5 Å². The monoisotopic (exact) mass is 374 g/mol. The van der Waals surface area contributed by atoms with Gasteiger partial charge in [0.15, 0.2) is 0 Å². The number of hydrogen-bond acceptors (Lipinski definition) is 4. The Bertz CT molecular complexity index is 1020. The van der Waals surface area contributed by atoms with E-state index >= 15 is 0 Å². The molecule has 7 nitrogen and oxygen atoms in total. The van der Waals surface area contributed by atoms with Gasteiger partial charge in [-0.15, -0.1) is 0 Å². The summed E-state index contributed by atoms with van der Waals surface area (Å²) in [5, 5.41) is 6.21. The highest BCUT2D eigenvalue weighted by atomic mass is 32.2. The molecule has 4 rings (SSSR count). The molecule has 0 spiro atoms. The highest BCUT2D eigenvalue weighted by Gasteiger charge is 2.35. The average Bonchev–Trinajstić information content (AvgIpc) is 3.14. The van der Waals surface area contributed by atoms with Gasteiger partial charge in [0.2, 0.25) is 5.91 Å². The van der Waals surface area contributed by atoms with Gasteiger partial charge in [-0.05, 0) is 49.4 Å². The first-order chi connectivity index (χ1) is 12.2. The molecule has 138 valence electrons. The van der Waals surface area contributed by atoms with Gasteiger partial charge in [0.25, 0.3) is 10.2 Å². The molecule has 1 unspecified atom stereocenters. The van der Waals surface area contributed by atoms with Crippen molar-refractivity contribution in [2.45, 2.75) is 26.7 Å². The van der Waals surface area contributed by atoms with Crippen molar-refractivity contribution in [1.82, 2.24) is 9.29 Å². The number of pyridine rings is 1. The van der Waals surface area contributed by atoms with Crippen molar-refractivity contribution in [3.63, 3.8) is 0 Å². The molecule has 0 aliphatic carbocycles. The lowest BCUT2D eigenvalue weighted by molar-refractivity contribution is -0.117. The lowest BCUT2D eigenvalue weighted by atomic mass is 10.0. The van der Waals surface area contributed by atoms with Gasteiger partial charge in [0, 0.05) is 36.8 Å². The van der Waals surface area contributed by atoms with Crippen molar-refractivity contribution in [3.05, 3.63) is 35.0 Å². The van der Waals surface area contributed by atoms with E-state index in [1.54, 1.807) is 6.20 Å². The second kappa shape index (κ2) is 6.00. The van der Waals surface area contributed by atoms with E-state index in [1.807, 2.05) is 17.9 Å². The molecule has 0 saturated carbocycles. The van der Waals surface area contributed by atoms with Crippen LogP contribution in [0.5, 0.6) is 0 Å². The van der Waals surface area contributed by atoms with E-state index in [0.717, 1.165) is 27.7 Å². The van der Waals surface area contributed by atoms with Gasteiger partial charge in [0.1, 0.15) is 0 Å². The summed E-state index contributed by atoms with van der Waals surface area (Å²) in [6.45, 7) is 5.37. The maximum Gasteiger partial charge on any atom is 0.276 e. The maximum absolute atomic E-state index is 12.6. The molecule has 26 heavy (non-hydrogen) atoms. The van der Waals surface area contributed by atoms with Crippen LogP contribution in [0, 0.1) is 19.8 Å². The summed E-state index contributed by atoms with van der Waals surface area (Å²) >= 11 is 0. The van der Waals surface area contributed by atoms with Gasteiger partial charge in [-0.3, -0.25) is 9.78 Å². The zero-order chi connectivity index (χ0) is 18.6. The van der Waals surface area contributed by atoms with Gasteiger partial charge < -0.3 is 4.90 Å². The number of benzene rings is 1. The first-order valence-corrected chi connectivity index (χ1v) is 10.2. The number of carbonyl (C=O) groups excluding carboxylic acids is 1. The van der Waals surface area contributed by atoms with Gasteiger partial charge in [-0.1, -0.05) is 0 Å². The first-order valence-electron chi connectivity index (χ1n) is 8.71. The van der Waals surface area contributed by atoms with Crippen LogP contribution in [0.15, 0.2) is 18.3 Å². The number of nitrogens with zero attached hydrogens (tertiary/aromatic N) is 3. The Labute approximate surface area is 153 Å². The fraction of sp³-hybridized carbons (Fsp3) is 0.444. The van der Waals surface area contributed by atoms with Crippen LogP contribution < -0.4 is 10.0 Å². The molecule has 2 N–H and O–H groups in total. The van der Waals surface area contributed by atoms with E-state index in [1.165, 1.54) is 9.87 Å². The van der Waals surface area contributed by atoms with E-state index in [4.69, 9.17) is 5.14 Å². The molecule has 0 bridgehead atoms. The number of hydrogen-bond donors (Lipinski definition) is 1. The average molecular weight is 374 g/mol. The van der Waals surface area contributed by atoms with Crippen LogP contribution in [-0.2, 0) is 21.4 Å². The second-order valence-electron chi connectivity index (χ2n) is 7.32. The van der Waals surface area contributed by atoms with E-state index in [0.29, 0.717) is 32.5 Å². The highest BCUT2D eigenvalue weighted by molar-refractivity contribution is 7.86. The van der Waals surface area contributed by atoms with Crippen LogP contribution in [0.25, 0.3) is 10.9 Å². The Balaban J connectivity index is 1.69. The summed E-state index contributed by atoms with van der Waals surface area (Å²) in [4.78, 5) is 19.0. The predicted molar refractivity (Wildman–Crippen MR) is 100 cm³/mol. The molecule has 1 aromatic carbocycles. The first kappa shape index (κ1) is 17.4. The topological polar surface area (TPSA) is 96.6 Å². The fourth-order valence-corrected chi connectivity index (χ4v) is 4.72. The molecule has 1 amide bonds. The Hall–Kier alpha value is -2.03. The van der Waals surface area contributed by atoms with Crippen molar-refractivity contribution in [1.29, 1.82) is 0 Å². The molecule has 1 aromatic heterocycles. The largest absolute Gasteiger partial charge is 0.311 e. The number of fused-ring (bicyclic) bond motifs is 3. The SMILES string of the molecule is Cc1cc2ncc3c(c2cc1C)N(CC1CCN(S(N)(=O)=O)C1)C(=O)C3. The number of anilines is 1. The molecular formula is C18H22N4O3S. The number of nitrogens with two attached hydrogens (primary N) is 1. The van der Waals surface area contributed by atoms with Gasteiger partial charge >= 0.3 is 0 Å². The normalized spacial score (nSPS) is 21.0. The summed E-state index contributed by atoms with van der Waals surface area (Å²) in [5.74, 6) is 0.125. The minimum Gasteiger partial charge on any atom is -0.311 e. The maximum atomic E-state index is 12.6. The number of carbonyl (C=O) groups is 1. The third-order valence-electron chi connectivity index (χ3n) is 5.49. The highest BCUT2D eigenvalue weighted by Crippen LogP contribution is 2.37. The zero-order valence-electron chi connectivity index (χ0n) is 14.9. The summed E-state index contributed by atoms with van der Waals surface area (Å²) in [7, 11) is -3.67. The minimum atomic E-state index is -3.67. The second-order valence-corrected chi connectivity index (χ2v) is 8.87. The Morgan fingerprint density at radius 3 is 2.69 bits per heavy atom. The summed E-state index contributed by atoms with van der Waals surface area (Å²) in [5.41, 5.74) is 5.07. The summed E-state index contributed by atoms with van der Waals surface area (Å²) < 4.78 is 24.4. The summed E-state index contributed by atoms with van der Waals surface area (Å²) in [6.07, 6.45) is 2.84. The molecule has 3 heterocycles. The molecule has 1 fully saturated rings. The molecule has 8 heteroatoms. The molecule has 1 saturated heterocycles. The van der Waals surface area contributed by atoms with Crippen LogP contribution in [0.4, 0.5) is 5.69 Å². The van der Waals surface area contributed by atoms with Crippen LogP contribution in [0.1, 0.15) is 23.1 Å². The lowest BCUT2D eigenvalue weighted by Crippen LogP contribution is -2.37.